The first kappa shape index (κ1) is 19.0. The number of fused-ring (bicyclic) bond motifs is 3. The molecule has 0 aliphatic heterocycles. The lowest BCUT2D eigenvalue weighted by molar-refractivity contribution is 0.101. The molecular formula is C27H17N3O3. The van der Waals surface area contributed by atoms with Gasteiger partial charge in [0.2, 0.25) is 5.78 Å². The van der Waals surface area contributed by atoms with Crippen LogP contribution in [0.1, 0.15) is 16.1 Å². The van der Waals surface area contributed by atoms with E-state index in [2.05, 4.69) is 10.2 Å². The van der Waals surface area contributed by atoms with Crippen molar-refractivity contribution in [1.82, 2.24) is 14.8 Å². The standard InChI is InChI=1S/C27H17N3O3/c31-20-13-10-18(11-14-20)25(32)26-24(30-16-28-29-27(30)19-7-2-1-3-8-19)23-21-9-5-4-6-17(21)12-15-22(23)33-26/h1-16,31H. The number of phenols is 1. The van der Waals surface area contributed by atoms with Gasteiger partial charge in [-0.2, -0.15) is 0 Å². The quantitative estimate of drug-likeness (QED) is 0.358. The van der Waals surface area contributed by atoms with Crippen LogP contribution in [-0.4, -0.2) is 25.7 Å². The van der Waals surface area contributed by atoms with Crippen molar-refractivity contribution in [2.75, 3.05) is 0 Å². The number of carbonyl (C=O) groups is 1. The Labute approximate surface area is 188 Å². The zero-order valence-corrected chi connectivity index (χ0v) is 17.3. The Morgan fingerprint density at radius 1 is 0.848 bits per heavy atom. The fraction of sp³-hybridized carbons (Fsp3) is 0. The number of aromatic nitrogens is 3. The third-order valence-corrected chi connectivity index (χ3v) is 5.71. The van der Waals surface area contributed by atoms with Gasteiger partial charge in [0.15, 0.2) is 11.6 Å². The van der Waals surface area contributed by atoms with E-state index in [1.54, 1.807) is 23.0 Å². The molecule has 2 heterocycles. The Bertz CT molecular complexity index is 1630. The smallest absolute Gasteiger partial charge is 0.230 e. The predicted octanol–water partition coefficient (Wildman–Crippen LogP) is 5.77. The maximum atomic E-state index is 13.6. The monoisotopic (exact) mass is 431 g/mol. The Balaban J connectivity index is 1.69. The van der Waals surface area contributed by atoms with Gasteiger partial charge in [-0.05, 0) is 41.1 Å². The summed E-state index contributed by atoms with van der Waals surface area (Å²) in [6, 6.07) is 27.6. The van der Waals surface area contributed by atoms with Crippen LogP contribution in [-0.2, 0) is 0 Å². The average molecular weight is 431 g/mol. The molecule has 4 aromatic carbocycles. The number of hydrogen-bond acceptors (Lipinski definition) is 5. The Hall–Kier alpha value is -4.71. The van der Waals surface area contributed by atoms with Gasteiger partial charge in [-0.1, -0.05) is 60.7 Å². The first-order valence-corrected chi connectivity index (χ1v) is 10.4. The molecule has 2 aromatic heterocycles. The van der Waals surface area contributed by atoms with E-state index < -0.39 is 0 Å². The number of aromatic hydroxyl groups is 1. The lowest BCUT2D eigenvalue weighted by Crippen LogP contribution is -2.06. The molecule has 6 nitrogen and oxygen atoms in total. The summed E-state index contributed by atoms with van der Waals surface area (Å²) in [5.41, 5.74) is 2.46. The number of rotatable bonds is 4. The van der Waals surface area contributed by atoms with Gasteiger partial charge in [-0.15, -0.1) is 10.2 Å². The minimum Gasteiger partial charge on any atom is -0.508 e. The van der Waals surface area contributed by atoms with E-state index >= 15 is 0 Å². The topological polar surface area (TPSA) is 81.1 Å². The minimum absolute atomic E-state index is 0.0903. The molecule has 0 unspecified atom stereocenters. The minimum atomic E-state index is -0.294. The molecule has 0 aliphatic rings. The largest absolute Gasteiger partial charge is 0.508 e. The van der Waals surface area contributed by atoms with Gasteiger partial charge >= 0.3 is 0 Å². The van der Waals surface area contributed by atoms with E-state index in [1.165, 1.54) is 12.1 Å². The lowest BCUT2D eigenvalue weighted by atomic mass is 10.0. The van der Waals surface area contributed by atoms with Gasteiger partial charge in [0.25, 0.3) is 0 Å². The van der Waals surface area contributed by atoms with Crippen LogP contribution in [0.5, 0.6) is 5.75 Å². The Kier molecular flexibility index (Phi) is 4.30. The fourth-order valence-electron chi connectivity index (χ4n) is 4.16. The van der Waals surface area contributed by atoms with Gasteiger partial charge in [-0.3, -0.25) is 9.36 Å². The number of ketones is 1. The zero-order chi connectivity index (χ0) is 22.4. The summed E-state index contributed by atoms with van der Waals surface area (Å²) in [5, 5.41) is 21.0. The maximum Gasteiger partial charge on any atom is 0.230 e. The SMILES string of the molecule is O=C(c1ccc(O)cc1)c1oc2ccc3ccccc3c2c1-n1cnnc1-c1ccccc1. The van der Waals surface area contributed by atoms with Crippen molar-refractivity contribution in [3.05, 3.63) is 109 Å². The summed E-state index contributed by atoms with van der Waals surface area (Å²) < 4.78 is 7.99. The molecule has 0 bridgehead atoms. The molecule has 0 fully saturated rings. The average Bonchev–Trinajstić information content (AvgIpc) is 3.49. The van der Waals surface area contributed by atoms with Crippen LogP contribution < -0.4 is 0 Å². The van der Waals surface area contributed by atoms with Crippen molar-refractivity contribution in [2.45, 2.75) is 0 Å². The van der Waals surface area contributed by atoms with E-state index in [9.17, 15) is 9.90 Å². The van der Waals surface area contributed by atoms with Gasteiger partial charge < -0.3 is 9.52 Å². The van der Waals surface area contributed by atoms with Crippen molar-refractivity contribution in [1.29, 1.82) is 0 Å². The van der Waals surface area contributed by atoms with Crippen molar-refractivity contribution >= 4 is 27.5 Å². The molecule has 0 amide bonds. The molecular weight excluding hydrogens is 414 g/mol. The number of nitrogens with zero attached hydrogens (tertiary/aromatic N) is 3. The summed E-state index contributed by atoms with van der Waals surface area (Å²) in [5.74, 6) is 0.584. The van der Waals surface area contributed by atoms with Gasteiger partial charge in [0.1, 0.15) is 23.3 Å². The highest BCUT2D eigenvalue weighted by Gasteiger charge is 2.26. The third kappa shape index (κ3) is 3.08. The number of hydrogen-bond donors (Lipinski definition) is 1. The zero-order valence-electron chi connectivity index (χ0n) is 17.3. The van der Waals surface area contributed by atoms with Crippen LogP contribution in [0.25, 0.3) is 38.8 Å². The van der Waals surface area contributed by atoms with Crippen molar-refractivity contribution < 1.29 is 14.3 Å². The third-order valence-electron chi connectivity index (χ3n) is 5.71. The highest BCUT2D eigenvalue weighted by Crippen LogP contribution is 2.38. The molecule has 6 rings (SSSR count). The van der Waals surface area contributed by atoms with E-state index in [0.29, 0.717) is 22.7 Å². The summed E-state index contributed by atoms with van der Waals surface area (Å²) in [4.78, 5) is 13.6. The highest BCUT2D eigenvalue weighted by molar-refractivity contribution is 6.18. The molecule has 6 heteroatoms. The molecule has 33 heavy (non-hydrogen) atoms. The molecule has 0 saturated carbocycles. The van der Waals surface area contributed by atoms with Gasteiger partial charge in [-0.25, -0.2) is 0 Å². The maximum absolute atomic E-state index is 13.6. The van der Waals surface area contributed by atoms with Crippen molar-refractivity contribution in [3.63, 3.8) is 0 Å². The summed E-state index contributed by atoms with van der Waals surface area (Å²) >= 11 is 0. The van der Waals surface area contributed by atoms with Crippen LogP contribution in [0.4, 0.5) is 0 Å². The van der Waals surface area contributed by atoms with E-state index in [-0.39, 0.29) is 17.3 Å². The summed E-state index contributed by atoms with van der Waals surface area (Å²) in [6.07, 6.45) is 1.60. The first-order chi connectivity index (χ1) is 16.2. The highest BCUT2D eigenvalue weighted by atomic mass is 16.3. The normalized spacial score (nSPS) is 11.3. The molecule has 0 aliphatic carbocycles. The van der Waals surface area contributed by atoms with Crippen LogP contribution >= 0.6 is 0 Å². The summed E-state index contributed by atoms with van der Waals surface area (Å²) in [7, 11) is 0. The van der Waals surface area contributed by atoms with Crippen molar-refractivity contribution in [3.8, 4) is 22.8 Å². The first-order valence-electron chi connectivity index (χ1n) is 10.4. The summed E-state index contributed by atoms with van der Waals surface area (Å²) in [6.45, 7) is 0. The number of furan rings is 1. The second-order valence-electron chi connectivity index (χ2n) is 7.71. The van der Waals surface area contributed by atoms with Crippen LogP contribution in [0.15, 0.2) is 102 Å². The van der Waals surface area contributed by atoms with Crippen LogP contribution in [0.3, 0.4) is 0 Å². The van der Waals surface area contributed by atoms with Crippen LogP contribution in [0.2, 0.25) is 0 Å². The lowest BCUT2D eigenvalue weighted by Gasteiger charge is -2.09. The predicted molar refractivity (Wildman–Crippen MR) is 126 cm³/mol. The Morgan fingerprint density at radius 2 is 1.61 bits per heavy atom. The second kappa shape index (κ2) is 7.46. The number of phenolic OH excluding ortho intramolecular Hbond substituents is 1. The Morgan fingerprint density at radius 3 is 2.42 bits per heavy atom. The molecule has 0 saturated heterocycles. The molecule has 0 atom stereocenters. The number of benzene rings is 4. The van der Waals surface area contributed by atoms with E-state index in [0.717, 1.165) is 21.7 Å². The van der Waals surface area contributed by atoms with Gasteiger partial charge in [0, 0.05) is 11.1 Å². The molecule has 6 aromatic rings. The van der Waals surface area contributed by atoms with Gasteiger partial charge in [0.05, 0.1) is 5.39 Å². The molecule has 0 radical (unpaired) electrons. The van der Waals surface area contributed by atoms with Crippen LogP contribution in [0, 0.1) is 0 Å². The van der Waals surface area contributed by atoms with Crippen molar-refractivity contribution in [2.24, 2.45) is 0 Å². The molecule has 0 spiro atoms. The molecule has 158 valence electrons. The van der Waals surface area contributed by atoms with E-state index in [1.807, 2.05) is 66.7 Å². The number of carbonyl (C=O) groups excluding carboxylic acids is 1. The fourth-order valence-corrected chi connectivity index (χ4v) is 4.16. The van der Waals surface area contributed by atoms with E-state index in [4.69, 9.17) is 4.42 Å². The molecule has 1 N–H and O–H groups in total. The second-order valence-corrected chi connectivity index (χ2v) is 7.71.